The van der Waals surface area contributed by atoms with Gasteiger partial charge >= 0.3 is 0 Å². The summed E-state index contributed by atoms with van der Waals surface area (Å²) in [6.07, 6.45) is 1.07. The minimum absolute atomic E-state index is 0.0450. The highest BCUT2D eigenvalue weighted by Gasteiger charge is 2.11. The lowest BCUT2D eigenvalue weighted by atomic mass is 10.2. The smallest absolute Gasteiger partial charge is 0.175 e. The SMILES string of the molecule is CS(=O)(=O)c1ccc(F)c(NCc2cccc(Cl)c2Cl)c1. The maximum absolute atomic E-state index is 13.7. The van der Waals surface area contributed by atoms with Crippen molar-refractivity contribution >= 4 is 38.7 Å². The van der Waals surface area contributed by atoms with Crippen LogP contribution >= 0.6 is 23.2 Å². The predicted molar refractivity (Wildman–Crippen MR) is 83.3 cm³/mol. The van der Waals surface area contributed by atoms with Gasteiger partial charge in [-0.3, -0.25) is 0 Å². The van der Waals surface area contributed by atoms with E-state index in [-0.39, 0.29) is 17.1 Å². The summed E-state index contributed by atoms with van der Waals surface area (Å²) in [5.74, 6) is -0.541. The van der Waals surface area contributed by atoms with Gasteiger partial charge in [0.2, 0.25) is 0 Å². The number of anilines is 1. The second-order valence-corrected chi connectivity index (χ2v) is 7.28. The number of nitrogens with one attached hydrogen (secondary N) is 1. The zero-order chi connectivity index (χ0) is 15.6. The van der Waals surface area contributed by atoms with Crippen LogP contribution in [0.2, 0.25) is 10.0 Å². The molecule has 2 rings (SSSR count). The van der Waals surface area contributed by atoms with E-state index in [2.05, 4.69) is 5.32 Å². The Bertz CT molecular complexity index is 779. The molecule has 0 aliphatic carbocycles. The van der Waals surface area contributed by atoms with E-state index in [1.165, 1.54) is 12.1 Å². The minimum Gasteiger partial charge on any atom is -0.379 e. The molecule has 7 heteroatoms. The summed E-state index contributed by atoms with van der Waals surface area (Å²) < 4.78 is 36.7. The third kappa shape index (κ3) is 3.87. The first-order valence-corrected chi connectivity index (χ1v) is 8.60. The van der Waals surface area contributed by atoms with E-state index in [9.17, 15) is 12.8 Å². The van der Waals surface area contributed by atoms with Gasteiger partial charge < -0.3 is 5.32 Å². The molecule has 0 bridgehead atoms. The number of sulfone groups is 1. The molecule has 3 nitrogen and oxygen atoms in total. The molecular weight excluding hydrogens is 336 g/mol. The first-order valence-electron chi connectivity index (χ1n) is 5.95. The van der Waals surface area contributed by atoms with E-state index in [0.717, 1.165) is 12.3 Å². The van der Waals surface area contributed by atoms with Gasteiger partial charge in [0.25, 0.3) is 0 Å². The lowest BCUT2D eigenvalue weighted by Crippen LogP contribution is -2.04. The summed E-state index contributed by atoms with van der Waals surface area (Å²) >= 11 is 11.9. The molecule has 0 fully saturated rings. The van der Waals surface area contributed by atoms with Crippen molar-refractivity contribution in [3.63, 3.8) is 0 Å². The first kappa shape index (κ1) is 16.1. The van der Waals surface area contributed by atoms with Crippen molar-refractivity contribution in [3.05, 3.63) is 57.8 Å². The Morgan fingerprint density at radius 2 is 1.90 bits per heavy atom. The molecule has 2 aromatic carbocycles. The Morgan fingerprint density at radius 1 is 1.19 bits per heavy atom. The Morgan fingerprint density at radius 3 is 2.57 bits per heavy atom. The summed E-state index contributed by atoms with van der Waals surface area (Å²) in [6.45, 7) is 0.226. The zero-order valence-corrected chi connectivity index (χ0v) is 13.4. The monoisotopic (exact) mass is 347 g/mol. The van der Waals surface area contributed by atoms with Crippen LogP contribution in [0.3, 0.4) is 0 Å². The minimum atomic E-state index is -3.39. The van der Waals surface area contributed by atoms with Gasteiger partial charge in [-0.2, -0.15) is 0 Å². The molecule has 0 aromatic heterocycles. The van der Waals surface area contributed by atoms with Gasteiger partial charge in [0.1, 0.15) is 5.82 Å². The largest absolute Gasteiger partial charge is 0.379 e. The van der Waals surface area contributed by atoms with Crippen LogP contribution in [-0.2, 0) is 16.4 Å². The molecule has 1 N–H and O–H groups in total. The molecule has 2 aromatic rings. The van der Waals surface area contributed by atoms with Gasteiger partial charge in [-0.1, -0.05) is 35.3 Å². The summed E-state index contributed by atoms with van der Waals surface area (Å²) in [6, 6.07) is 8.72. The molecule has 0 aliphatic rings. The highest BCUT2D eigenvalue weighted by atomic mass is 35.5. The fourth-order valence-electron chi connectivity index (χ4n) is 1.75. The van der Waals surface area contributed by atoms with E-state index < -0.39 is 15.7 Å². The lowest BCUT2D eigenvalue weighted by molar-refractivity contribution is 0.600. The molecule has 0 spiro atoms. The van der Waals surface area contributed by atoms with Gasteiger partial charge in [0.15, 0.2) is 9.84 Å². The van der Waals surface area contributed by atoms with E-state index in [0.29, 0.717) is 15.6 Å². The topological polar surface area (TPSA) is 46.2 Å². The molecular formula is C14H12Cl2FNO2S. The van der Waals surface area contributed by atoms with Gasteiger partial charge in [0.05, 0.1) is 20.6 Å². The van der Waals surface area contributed by atoms with Crippen LogP contribution in [-0.4, -0.2) is 14.7 Å². The van der Waals surface area contributed by atoms with Crippen molar-refractivity contribution in [1.29, 1.82) is 0 Å². The highest BCUT2D eigenvalue weighted by Crippen LogP contribution is 2.27. The normalized spacial score (nSPS) is 11.4. The second-order valence-electron chi connectivity index (χ2n) is 4.48. The predicted octanol–water partition coefficient (Wildman–Crippen LogP) is 4.15. The molecule has 0 aliphatic heterocycles. The van der Waals surface area contributed by atoms with Crippen molar-refractivity contribution in [3.8, 4) is 0 Å². The average molecular weight is 348 g/mol. The summed E-state index contributed by atoms with van der Waals surface area (Å²) in [5, 5.41) is 3.61. The zero-order valence-electron chi connectivity index (χ0n) is 11.0. The van der Waals surface area contributed by atoms with Crippen LogP contribution in [0.1, 0.15) is 5.56 Å². The fraction of sp³-hybridized carbons (Fsp3) is 0.143. The van der Waals surface area contributed by atoms with Crippen LogP contribution in [0.25, 0.3) is 0 Å². The van der Waals surface area contributed by atoms with Gasteiger partial charge in [0, 0.05) is 12.8 Å². The van der Waals surface area contributed by atoms with E-state index >= 15 is 0 Å². The second kappa shape index (κ2) is 6.22. The molecule has 0 atom stereocenters. The summed E-state index contributed by atoms with van der Waals surface area (Å²) in [5.41, 5.74) is 0.780. The lowest BCUT2D eigenvalue weighted by Gasteiger charge is -2.11. The number of benzene rings is 2. The summed E-state index contributed by atoms with van der Waals surface area (Å²) in [7, 11) is -3.39. The maximum atomic E-state index is 13.7. The van der Waals surface area contributed by atoms with Crippen LogP contribution in [0.4, 0.5) is 10.1 Å². The van der Waals surface area contributed by atoms with Gasteiger partial charge in [-0.25, -0.2) is 12.8 Å². The fourth-order valence-corrected chi connectivity index (χ4v) is 2.78. The molecule has 0 radical (unpaired) electrons. The van der Waals surface area contributed by atoms with E-state index in [1.807, 2.05) is 0 Å². The van der Waals surface area contributed by atoms with Crippen molar-refractivity contribution in [1.82, 2.24) is 0 Å². The number of halogens is 3. The van der Waals surface area contributed by atoms with Crippen LogP contribution in [0, 0.1) is 5.82 Å². The van der Waals surface area contributed by atoms with Crippen LogP contribution < -0.4 is 5.32 Å². The average Bonchev–Trinajstić information content (AvgIpc) is 2.40. The number of rotatable bonds is 4. The molecule has 0 saturated carbocycles. The van der Waals surface area contributed by atoms with Gasteiger partial charge in [-0.05, 0) is 29.8 Å². The Labute approximate surface area is 132 Å². The highest BCUT2D eigenvalue weighted by molar-refractivity contribution is 7.90. The van der Waals surface area contributed by atoms with Crippen LogP contribution in [0.15, 0.2) is 41.3 Å². The van der Waals surface area contributed by atoms with E-state index in [4.69, 9.17) is 23.2 Å². The third-order valence-corrected chi connectivity index (χ3v) is 4.84. The van der Waals surface area contributed by atoms with Crippen molar-refractivity contribution in [2.45, 2.75) is 11.4 Å². The Hall–Kier alpha value is -1.30. The standard InChI is InChI=1S/C14H12Cl2FNO2S/c1-21(19,20)10-5-6-12(17)13(7-10)18-8-9-3-2-4-11(15)14(9)16/h2-7,18H,8H2,1H3. The Kier molecular flexibility index (Phi) is 4.76. The first-order chi connectivity index (χ1) is 9.79. The number of hydrogen-bond donors (Lipinski definition) is 1. The molecule has 0 saturated heterocycles. The maximum Gasteiger partial charge on any atom is 0.175 e. The quantitative estimate of drug-likeness (QED) is 0.845. The molecule has 0 heterocycles. The van der Waals surface area contributed by atoms with E-state index in [1.54, 1.807) is 18.2 Å². The summed E-state index contributed by atoms with van der Waals surface area (Å²) in [4.78, 5) is 0.0450. The van der Waals surface area contributed by atoms with Crippen molar-refractivity contribution in [2.75, 3.05) is 11.6 Å². The van der Waals surface area contributed by atoms with Gasteiger partial charge in [-0.15, -0.1) is 0 Å². The molecule has 21 heavy (non-hydrogen) atoms. The van der Waals surface area contributed by atoms with Crippen molar-refractivity contribution < 1.29 is 12.8 Å². The molecule has 112 valence electrons. The number of hydrogen-bond acceptors (Lipinski definition) is 3. The molecule has 0 amide bonds. The van der Waals surface area contributed by atoms with Crippen LogP contribution in [0.5, 0.6) is 0 Å². The van der Waals surface area contributed by atoms with Crippen molar-refractivity contribution in [2.24, 2.45) is 0 Å². The molecule has 0 unspecified atom stereocenters. The third-order valence-electron chi connectivity index (χ3n) is 2.87. The Balaban J connectivity index is 2.26.